The molecule has 3 fully saturated rings. The van der Waals surface area contributed by atoms with E-state index in [1.54, 1.807) is 0 Å². The molecule has 3 aliphatic rings. The van der Waals surface area contributed by atoms with Crippen LogP contribution in [-0.2, 0) is 33.2 Å². The largest absolute Gasteiger partial charge is 0.394 e. The maximum Gasteiger partial charge on any atom is 0.220 e. The molecular weight excluding hydrogens is 1330 g/mol. The van der Waals surface area contributed by atoms with Crippen molar-refractivity contribution in [3.05, 3.63) is 12.2 Å². The number of allylic oxidation sites excluding steroid dienone is 2. The smallest absolute Gasteiger partial charge is 0.220 e. The van der Waals surface area contributed by atoms with Crippen LogP contribution in [0.5, 0.6) is 0 Å². The molecule has 19 heteroatoms. The highest BCUT2D eigenvalue weighted by molar-refractivity contribution is 5.76. The summed E-state index contributed by atoms with van der Waals surface area (Å²) >= 11 is 0. The second-order valence-corrected chi connectivity index (χ2v) is 32.1. The first-order valence-corrected chi connectivity index (χ1v) is 44.4. The molecule has 3 rings (SSSR count). The van der Waals surface area contributed by atoms with Crippen molar-refractivity contribution in [3.8, 4) is 0 Å². The summed E-state index contributed by atoms with van der Waals surface area (Å²) < 4.78 is 34.6. The van der Waals surface area contributed by atoms with Gasteiger partial charge in [0.05, 0.1) is 38.6 Å². The number of carbonyl (C=O) groups excluding carboxylic acids is 1. The van der Waals surface area contributed by atoms with Crippen LogP contribution >= 0.6 is 0 Å². The Kier molecular flexibility index (Phi) is 62.4. The Morgan fingerprint density at radius 1 is 0.333 bits per heavy atom. The number of ether oxygens (including phenoxy) is 6. The van der Waals surface area contributed by atoms with E-state index in [4.69, 9.17) is 28.4 Å². The molecule has 0 saturated carbocycles. The summed E-state index contributed by atoms with van der Waals surface area (Å²) in [6.07, 6.45) is 54.9. The number of amides is 1. The van der Waals surface area contributed by atoms with Crippen molar-refractivity contribution in [3.63, 3.8) is 0 Å². The maximum atomic E-state index is 13.5. The Morgan fingerprint density at radius 3 is 0.924 bits per heavy atom. The van der Waals surface area contributed by atoms with Gasteiger partial charge >= 0.3 is 0 Å². The first kappa shape index (κ1) is 97.7. The summed E-state index contributed by atoms with van der Waals surface area (Å²) in [5, 5.41) is 121. The number of aliphatic hydroxyl groups excluding tert-OH is 11. The monoisotopic (exact) mass is 1500 g/mol. The van der Waals surface area contributed by atoms with Gasteiger partial charge in [-0.15, -0.1) is 0 Å². The van der Waals surface area contributed by atoms with E-state index >= 15 is 0 Å². The molecule has 0 aromatic rings. The fourth-order valence-electron chi connectivity index (χ4n) is 15.5. The normalized spacial score (nSPS) is 25.7. The molecule has 3 aliphatic heterocycles. The quantitative estimate of drug-likeness (QED) is 0.0199. The number of carbonyl (C=O) groups is 1. The van der Waals surface area contributed by atoms with Gasteiger partial charge in [0.1, 0.15) is 73.2 Å². The van der Waals surface area contributed by atoms with Gasteiger partial charge in [-0.1, -0.05) is 366 Å². The van der Waals surface area contributed by atoms with Gasteiger partial charge in [-0.2, -0.15) is 0 Å². The van der Waals surface area contributed by atoms with E-state index in [0.717, 1.165) is 44.9 Å². The molecule has 3 heterocycles. The fourth-order valence-corrected chi connectivity index (χ4v) is 15.5. The second-order valence-electron chi connectivity index (χ2n) is 32.1. The summed E-state index contributed by atoms with van der Waals surface area (Å²) in [6.45, 7) is 1.87. The van der Waals surface area contributed by atoms with Crippen molar-refractivity contribution in [2.45, 2.75) is 503 Å². The van der Waals surface area contributed by atoms with Crippen molar-refractivity contribution >= 4 is 5.91 Å². The van der Waals surface area contributed by atoms with Crippen LogP contribution in [0.1, 0.15) is 399 Å². The average Bonchev–Trinajstić information content (AvgIpc) is 0.781. The van der Waals surface area contributed by atoms with Crippen LogP contribution in [0.2, 0.25) is 0 Å². The Labute approximate surface area is 639 Å². The lowest BCUT2D eigenvalue weighted by Gasteiger charge is -2.48. The SMILES string of the molecule is CCCCCCCCCC/C=C\CCCCCCCCCCCCCCCCCCCCCCCCCCCCCCCC(=O)NC(COC1OC(CO)C(OC2OC(CO)C(OC3OC(CO)C(O)C(O)C3O)C(O)C2O)C(O)C1O)C(O)CCCCCCCCCCCCCCCCCCCCC. The Balaban J connectivity index is 1.27. The third-order valence-electron chi connectivity index (χ3n) is 22.6. The minimum Gasteiger partial charge on any atom is -0.394 e. The molecule has 17 atom stereocenters. The van der Waals surface area contributed by atoms with Crippen LogP contribution in [-0.4, -0.2) is 193 Å². The van der Waals surface area contributed by atoms with Crippen LogP contribution in [0, 0.1) is 0 Å². The molecule has 0 spiro atoms. The van der Waals surface area contributed by atoms with E-state index in [-0.39, 0.29) is 18.9 Å². The standard InChI is InChI=1S/C86H165NO18/c1-3-5-7-9-11-13-15-17-19-21-23-24-25-26-27-28-29-30-31-32-33-34-35-36-37-38-39-40-41-42-43-44-46-48-50-52-54-56-58-60-62-64-74(92)87-69(70(91)63-61-59-57-55-53-51-49-47-45-22-20-18-16-14-12-10-8-6-4-2)68-100-84-80(98)77(95)82(72(66-89)102-84)105-86-81(99)78(96)83(73(67-90)103-86)104-85-79(97)76(94)75(93)71(65-88)101-85/h21,23,69-73,75-86,88-91,93-99H,3-20,22,24-68H2,1-2H3,(H,87,92)/b23-21-. The van der Waals surface area contributed by atoms with Crippen LogP contribution in [0.3, 0.4) is 0 Å². The van der Waals surface area contributed by atoms with Crippen LogP contribution in [0.15, 0.2) is 12.2 Å². The second kappa shape index (κ2) is 67.1. The summed E-state index contributed by atoms with van der Waals surface area (Å²) in [4.78, 5) is 13.5. The van der Waals surface area contributed by atoms with Crippen molar-refractivity contribution < 1.29 is 89.4 Å². The lowest BCUT2D eigenvalue weighted by Crippen LogP contribution is -2.66. The number of unbranched alkanes of at least 4 members (excludes halogenated alkanes) is 55. The summed E-state index contributed by atoms with van der Waals surface area (Å²) in [7, 11) is 0. The minimum absolute atomic E-state index is 0.233. The zero-order valence-electron chi connectivity index (χ0n) is 67.0. The predicted molar refractivity (Wildman–Crippen MR) is 420 cm³/mol. The number of nitrogens with one attached hydrogen (secondary N) is 1. The highest BCUT2D eigenvalue weighted by Gasteiger charge is 2.54. The zero-order valence-corrected chi connectivity index (χ0v) is 67.0. The van der Waals surface area contributed by atoms with E-state index < -0.39 is 124 Å². The van der Waals surface area contributed by atoms with Gasteiger partial charge < -0.3 is 89.9 Å². The van der Waals surface area contributed by atoms with Gasteiger partial charge in [0.25, 0.3) is 0 Å². The van der Waals surface area contributed by atoms with Gasteiger partial charge in [-0.25, -0.2) is 0 Å². The molecule has 12 N–H and O–H groups in total. The van der Waals surface area contributed by atoms with E-state index in [2.05, 4.69) is 31.3 Å². The van der Waals surface area contributed by atoms with Gasteiger partial charge in [-0.3, -0.25) is 4.79 Å². The van der Waals surface area contributed by atoms with Crippen molar-refractivity contribution in [2.24, 2.45) is 0 Å². The van der Waals surface area contributed by atoms with E-state index in [0.29, 0.717) is 12.8 Å². The maximum absolute atomic E-state index is 13.5. The van der Waals surface area contributed by atoms with Gasteiger partial charge in [0.2, 0.25) is 5.91 Å². The molecule has 0 radical (unpaired) electrons. The van der Waals surface area contributed by atoms with Gasteiger partial charge in [-0.05, 0) is 38.5 Å². The van der Waals surface area contributed by atoms with E-state index in [1.807, 2.05) is 0 Å². The number of hydrogen-bond acceptors (Lipinski definition) is 18. The average molecular weight is 1500 g/mol. The van der Waals surface area contributed by atoms with Gasteiger partial charge in [0.15, 0.2) is 18.9 Å². The summed E-state index contributed by atoms with van der Waals surface area (Å²) in [6, 6.07) is -0.884. The molecular formula is C86H165NO18. The highest BCUT2D eigenvalue weighted by atomic mass is 16.8. The molecule has 0 aromatic carbocycles. The Bertz CT molecular complexity index is 1940. The molecule has 0 bridgehead atoms. The van der Waals surface area contributed by atoms with Crippen LogP contribution in [0.25, 0.3) is 0 Å². The summed E-state index contributed by atoms with van der Waals surface area (Å²) in [5.74, 6) is -0.233. The lowest BCUT2D eigenvalue weighted by atomic mass is 9.96. The Hall–Kier alpha value is -1.47. The first-order chi connectivity index (χ1) is 51.3. The first-order valence-electron chi connectivity index (χ1n) is 44.4. The zero-order chi connectivity index (χ0) is 76.0. The molecule has 0 aliphatic carbocycles. The number of aliphatic hydroxyl groups is 11. The number of hydrogen-bond donors (Lipinski definition) is 12. The van der Waals surface area contributed by atoms with Gasteiger partial charge in [0, 0.05) is 6.42 Å². The molecule has 0 aromatic heterocycles. The van der Waals surface area contributed by atoms with Crippen molar-refractivity contribution in [1.29, 1.82) is 0 Å². The third kappa shape index (κ3) is 46.3. The van der Waals surface area contributed by atoms with Crippen LogP contribution < -0.4 is 5.32 Å². The van der Waals surface area contributed by atoms with Crippen molar-refractivity contribution in [2.75, 3.05) is 26.4 Å². The van der Waals surface area contributed by atoms with Crippen molar-refractivity contribution in [1.82, 2.24) is 5.32 Å². The Morgan fingerprint density at radius 2 is 0.600 bits per heavy atom. The van der Waals surface area contributed by atoms with E-state index in [9.17, 15) is 61.0 Å². The lowest BCUT2D eigenvalue weighted by molar-refractivity contribution is -0.379. The molecule has 1 amide bonds. The fraction of sp³-hybridized carbons (Fsp3) is 0.965. The third-order valence-corrected chi connectivity index (χ3v) is 22.6. The summed E-state index contributed by atoms with van der Waals surface area (Å²) in [5.41, 5.74) is 0. The molecule has 622 valence electrons. The van der Waals surface area contributed by atoms with E-state index in [1.165, 1.54) is 321 Å². The molecule has 19 nitrogen and oxygen atoms in total. The minimum atomic E-state index is -1.97. The van der Waals surface area contributed by atoms with Crippen LogP contribution in [0.4, 0.5) is 0 Å². The number of rotatable bonds is 73. The molecule has 105 heavy (non-hydrogen) atoms. The highest BCUT2D eigenvalue weighted by Crippen LogP contribution is 2.34. The molecule has 3 saturated heterocycles. The topological polar surface area (TPSA) is 307 Å². The molecule has 17 unspecified atom stereocenters. The predicted octanol–water partition coefficient (Wildman–Crippen LogP) is 16.3.